The average molecular weight is 495 g/mol. The van der Waals surface area contributed by atoms with E-state index < -0.39 is 10.0 Å². The van der Waals surface area contributed by atoms with Crippen molar-refractivity contribution >= 4 is 44.0 Å². The molecule has 0 aliphatic carbocycles. The maximum atomic E-state index is 11.6. The Hall–Kier alpha value is -2.60. The van der Waals surface area contributed by atoms with Crippen molar-refractivity contribution in [3.8, 4) is 11.4 Å². The van der Waals surface area contributed by atoms with Crippen LogP contribution in [0.3, 0.4) is 0 Å². The molecule has 0 amide bonds. The summed E-state index contributed by atoms with van der Waals surface area (Å²) in [7, 11) is 0.109. The monoisotopic (exact) mass is 494 g/mol. The molecule has 33 heavy (non-hydrogen) atoms. The lowest BCUT2D eigenvalue weighted by Crippen LogP contribution is -2.40. The Labute approximate surface area is 198 Å². The molecule has 0 atom stereocenters. The Morgan fingerprint density at radius 1 is 1.27 bits per heavy atom. The van der Waals surface area contributed by atoms with E-state index in [0.29, 0.717) is 22.3 Å². The first kappa shape index (κ1) is 23.6. The highest BCUT2D eigenvalue weighted by Crippen LogP contribution is 2.33. The van der Waals surface area contributed by atoms with E-state index in [4.69, 9.17) is 26.2 Å². The van der Waals surface area contributed by atoms with E-state index in [1.807, 2.05) is 7.05 Å². The third-order valence-corrected chi connectivity index (χ3v) is 6.25. The smallest absolute Gasteiger partial charge is 0.229 e. The van der Waals surface area contributed by atoms with Crippen molar-refractivity contribution in [1.82, 2.24) is 19.7 Å². The van der Waals surface area contributed by atoms with E-state index in [1.54, 1.807) is 35.1 Å². The molecule has 1 fully saturated rings. The maximum absolute atomic E-state index is 11.6. The van der Waals surface area contributed by atoms with Gasteiger partial charge in [-0.25, -0.2) is 18.1 Å². The van der Waals surface area contributed by atoms with Crippen molar-refractivity contribution in [3.63, 3.8) is 0 Å². The van der Waals surface area contributed by atoms with Gasteiger partial charge in [0.05, 0.1) is 43.2 Å². The van der Waals surface area contributed by atoms with Crippen LogP contribution in [-0.2, 0) is 14.8 Å². The highest BCUT2D eigenvalue weighted by Gasteiger charge is 2.20. The Bertz CT molecular complexity index is 1240. The number of fused-ring (bicyclic) bond motifs is 1. The first-order valence-corrected chi connectivity index (χ1v) is 12.7. The maximum Gasteiger partial charge on any atom is 0.229 e. The number of pyridine rings is 1. The fraction of sp³-hybridized carbons (Fsp3) is 0.429. The lowest BCUT2D eigenvalue weighted by molar-refractivity contribution is 0.0393. The summed E-state index contributed by atoms with van der Waals surface area (Å²) in [6, 6.07) is 6.79. The minimum atomic E-state index is -3.41. The minimum Gasteiger partial charge on any atom is -0.494 e. The lowest BCUT2D eigenvalue weighted by Gasteiger charge is -2.28. The number of nitrogens with zero attached hydrogens (tertiary/aromatic N) is 5. The van der Waals surface area contributed by atoms with E-state index >= 15 is 0 Å². The number of benzene rings is 1. The Morgan fingerprint density at radius 3 is 2.73 bits per heavy atom. The zero-order valence-electron chi connectivity index (χ0n) is 18.8. The number of halogens is 1. The topological polar surface area (TPSA) is 102 Å². The fourth-order valence-corrected chi connectivity index (χ4v) is 4.50. The van der Waals surface area contributed by atoms with Crippen LogP contribution in [0.15, 0.2) is 30.5 Å². The van der Waals surface area contributed by atoms with Gasteiger partial charge in [-0.1, -0.05) is 11.6 Å². The molecule has 178 valence electrons. The Morgan fingerprint density at radius 2 is 2.03 bits per heavy atom. The molecule has 1 saturated heterocycles. The van der Waals surface area contributed by atoms with Crippen LogP contribution >= 0.6 is 11.6 Å². The second kappa shape index (κ2) is 9.72. The second-order valence-corrected chi connectivity index (χ2v) is 10.0. The van der Waals surface area contributed by atoms with E-state index in [9.17, 15) is 8.42 Å². The van der Waals surface area contributed by atoms with E-state index in [0.717, 1.165) is 62.4 Å². The molecule has 0 bridgehead atoms. The number of hydrogen-bond donors (Lipinski definition) is 1. The molecule has 2 aromatic heterocycles. The van der Waals surface area contributed by atoms with Gasteiger partial charge in [-0.05, 0) is 12.1 Å². The van der Waals surface area contributed by atoms with Crippen LogP contribution in [0.1, 0.15) is 0 Å². The van der Waals surface area contributed by atoms with Gasteiger partial charge in [0.15, 0.2) is 5.82 Å². The van der Waals surface area contributed by atoms with Gasteiger partial charge in [-0.15, -0.1) is 5.10 Å². The number of nitrogens with one attached hydrogen (secondary N) is 1. The molecule has 1 aliphatic rings. The fourth-order valence-electron chi connectivity index (χ4n) is 3.79. The van der Waals surface area contributed by atoms with E-state index in [-0.39, 0.29) is 0 Å². The van der Waals surface area contributed by atoms with Crippen molar-refractivity contribution < 1.29 is 17.9 Å². The molecular formula is C21H27ClN6O4S. The van der Waals surface area contributed by atoms with Gasteiger partial charge in [0.2, 0.25) is 10.0 Å². The van der Waals surface area contributed by atoms with Gasteiger partial charge in [-0.3, -0.25) is 9.62 Å². The lowest BCUT2D eigenvalue weighted by atomic mass is 10.2. The van der Waals surface area contributed by atoms with Crippen LogP contribution in [0.2, 0.25) is 5.15 Å². The summed E-state index contributed by atoms with van der Waals surface area (Å²) in [5.41, 5.74) is 1.82. The Balaban J connectivity index is 1.70. The van der Waals surface area contributed by atoms with E-state index in [1.165, 1.54) is 7.11 Å². The van der Waals surface area contributed by atoms with Gasteiger partial charge < -0.3 is 14.4 Å². The van der Waals surface area contributed by atoms with Crippen LogP contribution in [-0.4, -0.2) is 87.9 Å². The number of likely N-dealkylation sites (N-methyl/N-ethyl adjacent to an activating group) is 1. The molecule has 3 heterocycles. The molecule has 0 unspecified atom stereocenters. The zero-order valence-corrected chi connectivity index (χ0v) is 20.4. The number of hydrogen-bond acceptors (Lipinski definition) is 8. The van der Waals surface area contributed by atoms with E-state index in [2.05, 4.69) is 19.5 Å². The molecule has 1 aromatic carbocycles. The molecule has 12 heteroatoms. The molecule has 0 spiro atoms. The molecule has 0 saturated carbocycles. The molecule has 1 N–H and O–H groups in total. The highest BCUT2D eigenvalue weighted by atomic mass is 35.5. The minimum absolute atomic E-state index is 0.348. The number of rotatable bonds is 8. The summed E-state index contributed by atoms with van der Waals surface area (Å²) < 4.78 is 38.4. The molecule has 1 aliphatic heterocycles. The predicted molar refractivity (Wildman–Crippen MR) is 129 cm³/mol. The standard InChI is InChI=1S/C21H27ClN6O4S/c1-26(6-7-27-8-10-32-11-9-27)21-16-14-23-20(22)13-18(16)28(24-21)17-5-4-15(12-19(17)31-2)25-33(3,29)30/h4-5,12-14,25H,6-11H2,1-3H3. The van der Waals surface area contributed by atoms with Gasteiger partial charge in [-0.2, -0.15) is 0 Å². The number of sulfonamides is 1. The second-order valence-electron chi connectivity index (χ2n) is 7.90. The van der Waals surface area contributed by atoms with Crippen LogP contribution in [0.25, 0.3) is 16.6 Å². The summed E-state index contributed by atoms with van der Waals surface area (Å²) in [6.45, 7) is 5.03. The summed E-state index contributed by atoms with van der Waals surface area (Å²) >= 11 is 6.21. The highest BCUT2D eigenvalue weighted by molar-refractivity contribution is 7.92. The van der Waals surface area contributed by atoms with Crippen molar-refractivity contribution in [2.24, 2.45) is 0 Å². The van der Waals surface area contributed by atoms with Gasteiger partial charge in [0.25, 0.3) is 0 Å². The molecule has 4 rings (SSSR count). The van der Waals surface area contributed by atoms with Gasteiger partial charge in [0, 0.05) is 51.6 Å². The number of methoxy groups -OCH3 is 1. The predicted octanol–water partition coefficient (Wildman–Crippen LogP) is 2.22. The van der Waals surface area contributed by atoms with Crippen LogP contribution < -0.4 is 14.4 Å². The molecular weight excluding hydrogens is 468 g/mol. The van der Waals surface area contributed by atoms with Gasteiger partial charge in [0.1, 0.15) is 16.6 Å². The first-order chi connectivity index (χ1) is 15.7. The number of anilines is 2. The third-order valence-electron chi connectivity index (χ3n) is 5.44. The summed E-state index contributed by atoms with van der Waals surface area (Å²) in [5, 5.41) is 6.06. The van der Waals surface area contributed by atoms with Crippen LogP contribution in [0.4, 0.5) is 11.5 Å². The average Bonchev–Trinajstić information content (AvgIpc) is 3.15. The van der Waals surface area contributed by atoms with Crippen molar-refractivity contribution in [1.29, 1.82) is 0 Å². The molecule has 0 radical (unpaired) electrons. The number of morpholine rings is 1. The normalized spacial score (nSPS) is 15.0. The van der Waals surface area contributed by atoms with Crippen molar-refractivity contribution in [2.45, 2.75) is 0 Å². The first-order valence-electron chi connectivity index (χ1n) is 10.5. The summed E-state index contributed by atoms with van der Waals surface area (Å²) in [6.07, 6.45) is 2.82. The summed E-state index contributed by atoms with van der Waals surface area (Å²) in [4.78, 5) is 8.71. The summed E-state index contributed by atoms with van der Waals surface area (Å²) in [5.74, 6) is 1.23. The Kier molecular flexibility index (Phi) is 6.94. The third kappa shape index (κ3) is 5.49. The van der Waals surface area contributed by atoms with Crippen LogP contribution in [0.5, 0.6) is 5.75 Å². The van der Waals surface area contributed by atoms with Crippen molar-refractivity contribution in [3.05, 3.63) is 35.6 Å². The molecule has 10 nitrogen and oxygen atoms in total. The number of ether oxygens (including phenoxy) is 2. The zero-order chi connectivity index (χ0) is 23.6. The molecule has 3 aromatic rings. The SMILES string of the molecule is COc1cc(NS(C)(=O)=O)ccc1-n1nc(N(C)CCN2CCOCC2)c2cnc(Cl)cc21. The quantitative estimate of drug-likeness (QED) is 0.476. The largest absolute Gasteiger partial charge is 0.494 e. The van der Waals surface area contributed by atoms with Gasteiger partial charge >= 0.3 is 0 Å². The number of aromatic nitrogens is 3. The van der Waals surface area contributed by atoms with Crippen LogP contribution in [0, 0.1) is 0 Å². The van der Waals surface area contributed by atoms with Crippen molar-refractivity contribution in [2.75, 3.05) is 69.4 Å².